The largest absolute Gasteiger partial charge is 1.00 e. The van der Waals surface area contributed by atoms with Crippen molar-refractivity contribution in [1.82, 2.24) is 16.0 Å². The summed E-state index contributed by atoms with van der Waals surface area (Å²) in [6.45, 7) is 28.6. The summed E-state index contributed by atoms with van der Waals surface area (Å²) in [7, 11) is 0. The maximum absolute atomic E-state index is 11.7. The molecule has 3 aromatic carbocycles. The molecule has 1 heterocycles. The van der Waals surface area contributed by atoms with Crippen molar-refractivity contribution in [2.24, 2.45) is 28.1 Å². The third-order valence-corrected chi connectivity index (χ3v) is 17.0. The van der Waals surface area contributed by atoms with E-state index in [1.165, 1.54) is 45.4 Å². The van der Waals surface area contributed by atoms with Gasteiger partial charge in [0.05, 0.1) is 84.6 Å². The summed E-state index contributed by atoms with van der Waals surface area (Å²) in [5.74, 6) is -5.18. The van der Waals surface area contributed by atoms with Crippen LogP contribution < -0.4 is 124 Å². The van der Waals surface area contributed by atoms with E-state index in [0.29, 0.717) is 50.8 Å². The normalized spacial score (nSPS) is 21.6. The van der Waals surface area contributed by atoms with Crippen molar-refractivity contribution < 1.29 is 244 Å². The van der Waals surface area contributed by atoms with E-state index in [-0.39, 0.29) is 197 Å². The molecule has 0 spiro atoms. The number of aliphatic hydroxyl groups is 2. The molecule has 1 saturated heterocycles. The fourth-order valence-corrected chi connectivity index (χ4v) is 9.69. The van der Waals surface area contributed by atoms with E-state index in [9.17, 15) is 67.7 Å². The van der Waals surface area contributed by atoms with Crippen LogP contribution in [0.15, 0.2) is 103 Å². The number of benzene rings is 3. The van der Waals surface area contributed by atoms with Crippen LogP contribution >= 0.6 is 46.4 Å². The molecule has 0 radical (unpaired) electrons. The monoisotopic (exact) mass is 1790 g/mol. The average Bonchev–Trinajstić information content (AvgIpc) is 1.63. The number of rotatable bonds is 28. The van der Waals surface area contributed by atoms with Crippen molar-refractivity contribution in [3.63, 3.8) is 0 Å². The molecule has 7 N–H and O–H groups in total. The van der Waals surface area contributed by atoms with Crippen molar-refractivity contribution in [3.8, 4) is 0 Å². The van der Waals surface area contributed by atoms with E-state index < -0.39 is 93.9 Å². The first-order chi connectivity index (χ1) is 54.4. The Labute approximate surface area is 791 Å². The number of ketones is 1. The Bertz CT molecular complexity index is 3310. The number of alkyl carbamates (subject to hydrolysis) is 3. The number of halogens is 4. The fourth-order valence-electron chi connectivity index (χ4n) is 9.69. The molecule has 117 heavy (non-hydrogen) atoms. The zero-order chi connectivity index (χ0) is 87.8. The van der Waals surface area contributed by atoms with E-state index in [4.69, 9.17) is 105 Å². The van der Waals surface area contributed by atoms with Gasteiger partial charge in [0.15, 0.2) is 11.2 Å². The van der Waals surface area contributed by atoms with Gasteiger partial charge in [-0.3, -0.25) is 28.8 Å². The van der Waals surface area contributed by atoms with Gasteiger partial charge in [-0.2, -0.15) is 0 Å². The van der Waals surface area contributed by atoms with E-state index in [0.717, 1.165) is 36.3 Å². The van der Waals surface area contributed by atoms with Gasteiger partial charge in [0.1, 0.15) is 19.8 Å². The number of ether oxygens (including phenoxy) is 10. The summed E-state index contributed by atoms with van der Waals surface area (Å²) in [4.78, 5) is 143. The zero-order valence-electron chi connectivity index (χ0n) is 70.3. The summed E-state index contributed by atoms with van der Waals surface area (Å²) < 4.78 is 48.4. The molecule has 5 saturated carbocycles. The molecule has 9 rings (SSSR count). The van der Waals surface area contributed by atoms with Crippen LogP contribution in [-0.2, 0) is 120 Å². The first kappa shape index (κ1) is 118. The quantitative estimate of drug-likeness (QED) is 0.00480. The molecular weight excluding hydrogens is 1670 g/mol. The number of hydrogen-bond donors (Lipinski definition) is 7. The van der Waals surface area contributed by atoms with Gasteiger partial charge in [0.2, 0.25) is 5.78 Å². The molecule has 0 bridgehead atoms. The van der Waals surface area contributed by atoms with Gasteiger partial charge in [0, 0.05) is 44.6 Å². The average molecular weight is 1790 g/mol. The predicted octanol–water partition coefficient (Wildman–Crippen LogP) is 5.01. The number of alkyl halides is 4. The van der Waals surface area contributed by atoms with E-state index in [1.807, 2.05) is 92.7 Å². The molecule has 3 amide bonds. The Balaban J connectivity index is -0.000000414. The molecule has 10 unspecified atom stereocenters. The molecule has 5 aliphatic carbocycles. The molecule has 38 heteroatoms. The van der Waals surface area contributed by atoms with Gasteiger partial charge >= 0.3 is 169 Å². The van der Waals surface area contributed by atoms with E-state index >= 15 is 0 Å². The number of carboxylic acids is 2. The molecule has 650 valence electrons. The van der Waals surface area contributed by atoms with Crippen molar-refractivity contribution >= 4 is 125 Å². The minimum absolute atomic E-state index is 0. The number of carbonyl (C=O) groups is 13. The topological polar surface area (TPSA) is 464 Å². The summed E-state index contributed by atoms with van der Waals surface area (Å²) in [5, 5.41) is 52.8. The van der Waals surface area contributed by atoms with Crippen LogP contribution in [0, 0.1) is 28.1 Å². The standard InChI is InChI=1S/C15H19NO4.C14H17NO5.C12H13NO5.C12H22O2.C8H12O4.C6H10O2.C5H8O3.C4H8O.2CH2Cl2.CH2O3.2K.H/c1-3-19-13(17)15(2)9-12(15)16-14(18)20-10-11-7-5-4-6-8-11;1-2-19-12(16)14(18)8-11(14)15-13(17)20-9-10-6-4-3-5-7-10;14-10(15)12(17)6-9(12)13-11(16)18-7-8-4-2-1-3-5-8;1-4-6-7-8-10-9-12(10,3)11(13)14-5-2;1-3-12-7(11)8(2)4-5(8)6(9)10;1-4-8-6(7)5(2)3;1-3-8-5(7)4(2)6;1-2-4-5-3-1;2*2-1-3;2-1-4-3;;;/h4-8,12H,3,9-10H2,1-2H3,(H,16,18);3-7,11,18H,2,8-9H2,1H3,(H,15,17);1-5,9,17H,6-7H2,(H,13,16)(H,14,15);10H,4-9H2,1-3H3;5H,3-4H2,1-2H3,(H,9,10);2,4H2,1,3H3;3H2,1-2H3;1-4H2;2*1H2;1,3H;;;/q;;;;;;;;;;;2*+1;-1/p-1. The first-order valence-corrected chi connectivity index (χ1v) is 39.1. The molecule has 10 atom stereocenters. The van der Waals surface area contributed by atoms with Gasteiger partial charge in [-0.25, -0.2) is 33.6 Å². The number of hydrogen-bond acceptors (Lipinski definition) is 27. The minimum atomic E-state index is -1.84. The summed E-state index contributed by atoms with van der Waals surface area (Å²) in [6, 6.07) is 26.1. The Morgan fingerprint density at radius 2 is 0.838 bits per heavy atom. The Hall–Kier alpha value is -5.62. The van der Waals surface area contributed by atoms with Gasteiger partial charge in [-0.1, -0.05) is 124 Å². The van der Waals surface area contributed by atoms with Gasteiger partial charge in [-0.15, -0.1) is 46.4 Å². The van der Waals surface area contributed by atoms with E-state index in [1.54, 1.807) is 67.5 Å². The maximum atomic E-state index is 11.7. The van der Waals surface area contributed by atoms with Crippen molar-refractivity contribution in [3.05, 3.63) is 120 Å². The number of amides is 3. The minimum Gasteiger partial charge on any atom is -1.00 e. The van der Waals surface area contributed by atoms with Crippen LogP contribution in [0.25, 0.3) is 0 Å². The SMILES string of the molecule is C1CCOC1.C=C(C)C(=O)OCC.CCCCCC1CC1(C)C(=O)OCC.CCOC(=O)C(C)=O.CCOC(=O)C1(C)CC1C(=O)O.CCOC(=O)C1(C)CC1NC(=O)OCc1ccccc1.CCOC(=O)C1(O)CC1NC(=O)OCc1ccccc1.ClCCl.ClCCl.O=C(NC1CC1(O)C(=O)O)OCc1ccccc1.O=CO[O-].[H-].[K+].[K+]. The maximum Gasteiger partial charge on any atom is 1.00 e. The van der Waals surface area contributed by atoms with Crippen molar-refractivity contribution in [1.29, 1.82) is 0 Å². The summed E-state index contributed by atoms with van der Waals surface area (Å²) >= 11 is 19.1. The second-order valence-corrected chi connectivity index (χ2v) is 27.8. The van der Waals surface area contributed by atoms with Gasteiger partial charge in [-0.05, 0) is 130 Å². The van der Waals surface area contributed by atoms with Crippen molar-refractivity contribution in [2.75, 3.05) is 63.5 Å². The molecule has 3 aromatic rings. The number of esters is 6. The van der Waals surface area contributed by atoms with E-state index in [2.05, 4.69) is 43.8 Å². The molecule has 6 fully saturated rings. The Morgan fingerprint density at radius 3 is 1.13 bits per heavy atom. The fraction of sp³-hybridized carbons (Fsp3) is 0.582. The molecule has 6 aliphatic rings. The molecule has 1 aliphatic heterocycles. The van der Waals surface area contributed by atoms with Gasteiger partial charge < -0.3 is 95.3 Å². The van der Waals surface area contributed by atoms with Crippen LogP contribution in [0.5, 0.6) is 0 Å². The summed E-state index contributed by atoms with van der Waals surface area (Å²) in [6.07, 6.45) is 7.82. The number of carbonyl (C=O) groups excluding carboxylic acids is 11. The third-order valence-electron chi connectivity index (χ3n) is 17.0. The number of unbranched alkanes of at least 4 members (excludes halogenated alkanes) is 2. The predicted molar refractivity (Wildman–Crippen MR) is 421 cm³/mol. The van der Waals surface area contributed by atoms with Crippen LogP contribution in [0.4, 0.5) is 14.4 Å². The van der Waals surface area contributed by atoms with Gasteiger partial charge in [0.25, 0.3) is 6.47 Å². The molecule has 0 aromatic heterocycles. The molecular formula is C79H115Cl4K2N3O29. The smallest absolute Gasteiger partial charge is 1.00 e. The zero-order valence-corrected chi connectivity index (χ0v) is 78.6. The van der Waals surface area contributed by atoms with Crippen LogP contribution in [-0.4, -0.2) is 192 Å². The number of aliphatic carboxylic acids is 2. The first-order valence-electron chi connectivity index (χ1n) is 37.0. The van der Waals surface area contributed by atoms with Crippen LogP contribution in [0.1, 0.15) is 172 Å². The molecule has 32 nitrogen and oxygen atoms in total. The Morgan fingerprint density at radius 1 is 0.496 bits per heavy atom. The number of carboxylic acid groups (broad SMARTS) is 2. The van der Waals surface area contributed by atoms with Crippen LogP contribution in [0.2, 0.25) is 0 Å². The Kier molecular flexibility index (Phi) is 66.5. The summed E-state index contributed by atoms with van der Waals surface area (Å²) in [5.41, 5.74) is -1.89. The number of Topliss-reactive ketones (excluding diaryl/α,β-unsaturated/α-hetero) is 1. The second-order valence-electron chi connectivity index (χ2n) is 26.2. The van der Waals surface area contributed by atoms with Crippen LogP contribution in [0.3, 0.4) is 0 Å². The second kappa shape index (κ2) is 66.1. The number of nitrogens with one attached hydrogen (secondary N) is 3. The van der Waals surface area contributed by atoms with Crippen molar-refractivity contribution in [2.45, 2.75) is 203 Å². The third kappa shape index (κ3) is 49.8.